The first kappa shape index (κ1) is 12.5. The topological polar surface area (TPSA) is 51.2 Å². The molecule has 0 atom stereocenters. The van der Waals surface area contributed by atoms with E-state index in [0.29, 0.717) is 12.2 Å². The fourth-order valence-corrected chi connectivity index (χ4v) is 1.54. The predicted octanol–water partition coefficient (Wildman–Crippen LogP) is 2.60. The molecule has 2 rings (SSSR count). The van der Waals surface area contributed by atoms with Crippen LogP contribution in [0.4, 0.5) is 0 Å². The number of benzene rings is 1. The molecular formula is C13H11ClN2O2. The number of pyridine rings is 1. The summed E-state index contributed by atoms with van der Waals surface area (Å²) in [6.45, 7) is 0.311. The molecule has 1 aromatic carbocycles. The Morgan fingerprint density at radius 3 is 2.78 bits per heavy atom. The largest absolute Gasteiger partial charge is 0.275 e. The maximum absolute atomic E-state index is 11.7. The molecule has 5 heteroatoms. The van der Waals surface area contributed by atoms with Gasteiger partial charge in [0.25, 0.3) is 5.91 Å². The van der Waals surface area contributed by atoms with E-state index in [9.17, 15) is 4.79 Å². The number of hydroxylamine groups is 1. The van der Waals surface area contributed by atoms with Crippen molar-refractivity contribution in [2.75, 3.05) is 0 Å². The van der Waals surface area contributed by atoms with Gasteiger partial charge in [0.15, 0.2) is 0 Å². The van der Waals surface area contributed by atoms with Gasteiger partial charge in [-0.2, -0.15) is 0 Å². The number of aromatic nitrogens is 1. The van der Waals surface area contributed by atoms with Crippen LogP contribution in [-0.2, 0) is 11.4 Å². The predicted molar refractivity (Wildman–Crippen MR) is 67.9 cm³/mol. The van der Waals surface area contributed by atoms with Gasteiger partial charge in [-0.15, -0.1) is 0 Å². The second-order valence-electron chi connectivity index (χ2n) is 3.57. The van der Waals surface area contributed by atoms with Crippen LogP contribution in [0, 0.1) is 0 Å². The summed E-state index contributed by atoms with van der Waals surface area (Å²) >= 11 is 5.69. The van der Waals surface area contributed by atoms with Crippen molar-refractivity contribution in [1.82, 2.24) is 10.5 Å². The Hall–Kier alpha value is -1.91. The summed E-state index contributed by atoms with van der Waals surface area (Å²) in [6.07, 6.45) is 1.47. The van der Waals surface area contributed by atoms with E-state index in [2.05, 4.69) is 10.5 Å². The van der Waals surface area contributed by atoms with Crippen molar-refractivity contribution in [1.29, 1.82) is 0 Å². The molecule has 0 unspecified atom stereocenters. The molecule has 18 heavy (non-hydrogen) atoms. The molecule has 1 heterocycles. The highest BCUT2D eigenvalue weighted by Gasteiger charge is 2.05. The Morgan fingerprint density at radius 1 is 1.28 bits per heavy atom. The second-order valence-corrected chi connectivity index (χ2v) is 3.96. The fraction of sp³-hybridized carbons (Fsp3) is 0.0769. The van der Waals surface area contributed by atoms with Gasteiger partial charge in [0.2, 0.25) is 0 Å². The first-order valence-electron chi connectivity index (χ1n) is 5.33. The molecule has 2 aromatic rings. The molecule has 0 saturated carbocycles. The van der Waals surface area contributed by atoms with E-state index in [4.69, 9.17) is 16.4 Å². The Bertz CT molecular complexity index is 532. The Labute approximate surface area is 110 Å². The number of carbonyl (C=O) groups excluding carboxylic acids is 1. The van der Waals surface area contributed by atoms with E-state index >= 15 is 0 Å². The van der Waals surface area contributed by atoms with Crippen LogP contribution in [0.2, 0.25) is 5.15 Å². The highest BCUT2D eigenvalue weighted by molar-refractivity contribution is 6.29. The van der Waals surface area contributed by atoms with Crippen LogP contribution >= 0.6 is 11.6 Å². The van der Waals surface area contributed by atoms with Crippen molar-refractivity contribution in [2.45, 2.75) is 6.61 Å². The zero-order valence-electron chi connectivity index (χ0n) is 9.47. The second kappa shape index (κ2) is 6.14. The molecule has 0 saturated heterocycles. The molecule has 0 aliphatic carbocycles. The molecule has 0 spiro atoms. The van der Waals surface area contributed by atoms with Crippen LogP contribution < -0.4 is 5.48 Å². The average Bonchev–Trinajstić information content (AvgIpc) is 2.40. The summed E-state index contributed by atoms with van der Waals surface area (Å²) in [4.78, 5) is 20.6. The molecule has 92 valence electrons. The van der Waals surface area contributed by atoms with Crippen molar-refractivity contribution in [3.63, 3.8) is 0 Å². The highest BCUT2D eigenvalue weighted by atomic mass is 35.5. The van der Waals surface area contributed by atoms with E-state index < -0.39 is 0 Å². The van der Waals surface area contributed by atoms with Gasteiger partial charge >= 0.3 is 0 Å². The van der Waals surface area contributed by atoms with E-state index in [-0.39, 0.29) is 11.1 Å². The molecule has 0 aliphatic heterocycles. The molecule has 0 aliphatic rings. The van der Waals surface area contributed by atoms with Crippen LogP contribution in [0.3, 0.4) is 0 Å². The summed E-state index contributed by atoms with van der Waals surface area (Å²) in [5.74, 6) is -0.352. The first-order chi connectivity index (χ1) is 8.75. The number of halogens is 1. The number of hydrogen-bond acceptors (Lipinski definition) is 3. The van der Waals surface area contributed by atoms with Crippen molar-refractivity contribution < 1.29 is 9.63 Å². The summed E-state index contributed by atoms with van der Waals surface area (Å²) < 4.78 is 0. The molecule has 0 bridgehead atoms. The van der Waals surface area contributed by atoms with Gasteiger partial charge in [-0.3, -0.25) is 9.63 Å². The van der Waals surface area contributed by atoms with E-state index in [1.165, 1.54) is 12.3 Å². The molecular weight excluding hydrogens is 252 g/mol. The molecule has 4 nitrogen and oxygen atoms in total. The number of nitrogens with one attached hydrogen (secondary N) is 1. The number of nitrogens with zero attached hydrogens (tertiary/aromatic N) is 1. The minimum atomic E-state index is -0.352. The monoisotopic (exact) mass is 262 g/mol. The maximum atomic E-state index is 11.7. The van der Waals surface area contributed by atoms with Gasteiger partial charge in [-0.1, -0.05) is 41.9 Å². The summed E-state index contributed by atoms with van der Waals surface area (Å²) in [5, 5.41) is 0.269. The lowest BCUT2D eigenvalue weighted by Crippen LogP contribution is -2.23. The SMILES string of the molecule is O=C(NOCc1ccccc1)c1ccnc(Cl)c1. The van der Waals surface area contributed by atoms with Gasteiger partial charge in [0.05, 0.1) is 6.61 Å². The molecule has 1 amide bonds. The number of carbonyl (C=O) groups is 1. The molecule has 1 N–H and O–H groups in total. The van der Waals surface area contributed by atoms with E-state index in [0.717, 1.165) is 5.56 Å². The van der Waals surface area contributed by atoms with Crippen LogP contribution in [0.5, 0.6) is 0 Å². The molecule has 1 aromatic heterocycles. The summed E-state index contributed by atoms with van der Waals surface area (Å²) in [6, 6.07) is 12.6. The fourth-order valence-electron chi connectivity index (χ4n) is 1.36. The Balaban J connectivity index is 1.86. The normalized spacial score (nSPS) is 10.1. The lowest BCUT2D eigenvalue weighted by Gasteiger charge is -2.05. The van der Waals surface area contributed by atoms with Crippen LogP contribution in [0.15, 0.2) is 48.7 Å². The smallest absolute Gasteiger partial charge is 0.269 e. The third-order valence-electron chi connectivity index (χ3n) is 2.24. The van der Waals surface area contributed by atoms with Crippen molar-refractivity contribution in [3.8, 4) is 0 Å². The lowest BCUT2D eigenvalue weighted by molar-refractivity contribution is 0.0233. The van der Waals surface area contributed by atoms with Gasteiger partial charge in [0, 0.05) is 11.8 Å². The number of amides is 1. The van der Waals surface area contributed by atoms with Crippen LogP contribution in [0.1, 0.15) is 15.9 Å². The maximum Gasteiger partial charge on any atom is 0.275 e. The van der Waals surface area contributed by atoms with Gasteiger partial charge in [-0.25, -0.2) is 10.5 Å². The molecule has 0 radical (unpaired) electrons. The van der Waals surface area contributed by atoms with E-state index in [1.54, 1.807) is 6.07 Å². The van der Waals surface area contributed by atoms with Crippen LogP contribution in [-0.4, -0.2) is 10.9 Å². The average molecular weight is 263 g/mol. The zero-order chi connectivity index (χ0) is 12.8. The summed E-state index contributed by atoms with van der Waals surface area (Å²) in [7, 11) is 0. The van der Waals surface area contributed by atoms with Gasteiger partial charge < -0.3 is 0 Å². The zero-order valence-corrected chi connectivity index (χ0v) is 10.2. The summed E-state index contributed by atoms with van der Waals surface area (Å²) in [5.41, 5.74) is 3.73. The lowest BCUT2D eigenvalue weighted by atomic mass is 10.2. The standard InChI is InChI=1S/C13H11ClN2O2/c14-12-8-11(6-7-15-12)13(17)16-18-9-10-4-2-1-3-5-10/h1-8H,9H2,(H,16,17). The Kier molecular flexibility index (Phi) is 4.28. The minimum Gasteiger partial charge on any atom is -0.269 e. The third-order valence-corrected chi connectivity index (χ3v) is 2.44. The number of rotatable bonds is 4. The van der Waals surface area contributed by atoms with E-state index in [1.807, 2.05) is 30.3 Å². The quantitative estimate of drug-likeness (QED) is 0.681. The minimum absolute atomic E-state index is 0.269. The van der Waals surface area contributed by atoms with Crippen molar-refractivity contribution in [2.24, 2.45) is 0 Å². The van der Waals surface area contributed by atoms with Crippen molar-refractivity contribution >= 4 is 17.5 Å². The number of hydrogen-bond donors (Lipinski definition) is 1. The van der Waals surface area contributed by atoms with Crippen LogP contribution in [0.25, 0.3) is 0 Å². The third kappa shape index (κ3) is 3.55. The first-order valence-corrected chi connectivity index (χ1v) is 5.71. The van der Waals surface area contributed by atoms with Gasteiger partial charge in [0.1, 0.15) is 5.15 Å². The molecule has 0 fully saturated rings. The van der Waals surface area contributed by atoms with Crippen molar-refractivity contribution in [3.05, 3.63) is 64.9 Å². The van der Waals surface area contributed by atoms with Gasteiger partial charge in [-0.05, 0) is 17.7 Å². The highest BCUT2D eigenvalue weighted by Crippen LogP contribution is 2.07. The Morgan fingerprint density at radius 2 is 2.06 bits per heavy atom.